The highest BCUT2D eigenvalue weighted by Crippen LogP contribution is 2.38. The number of ether oxygens (including phenoxy) is 1. The van der Waals surface area contributed by atoms with Crippen LogP contribution < -0.4 is 5.32 Å². The molecule has 1 aliphatic carbocycles. The Morgan fingerprint density at radius 2 is 1.84 bits per heavy atom. The summed E-state index contributed by atoms with van der Waals surface area (Å²) in [6, 6.07) is 0.535. The van der Waals surface area contributed by atoms with Crippen LogP contribution in [0.4, 0.5) is 0 Å². The van der Waals surface area contributed by atoms with Gasteiger partial charge in [0.15, 0.2) is 0 Å². The fourth-order valence-corrected chi connectivity index (χ4v) is 3.32. The molecule has 0 spiro atoms. The van der Waals surface area contributed by atoms with Crippen LogP contribution in [-0.2, 0) is 4.74 Å². The van der Waals surface area contributed by atoms with Crippen molar-refractivity contribution in [3.63, 3.8) is 0 Å². The lowest BCUT2D eigenvalue weighted by Gasteiger charge is -2.45. The van der Waals surface area contributed by atoms with Crippen LogP contribution in [0.25, 0.3) is 0 Å². The molecule has 0 radical (unpaired) electrons. The van der Waals surface area contributed by atoms with Crippen molar-refractivity contribution >= 4 is 0 Å². The van der Waals surface area contributed by atoms with Gasteiger partial charge in [0.25, 0.3) is 0 Å². The number of hydrogen-bond donors (Lipinski definition) is 1. The maximum absolute atomic E-state index is 6.06. The van der Waals surface area contributed by atoms with Gasteiger partial charge in [-0.15, -0.1) is 0 Å². The minimum absolute atomic E-state index is 0.0938. The summed E-state index contributed by atoms with van der Waals surface area (Å²) in [5, 5.41) is 3.78. The molecule has 1 fully saturated rings. The summed E-state index contributed by atoms with van der Waals surface area (Å²) in [7, 11) is 1.92. The van der Waals surface area contributed by atoms with Crippen LogP contribution in [0.5, 0.6) is 0 Å². The fraction of sp³-hybridized carbons (Fsp3) is 1.00. The molecule has 114 valence electrons. The molecule has 0 saturated heterocycles. The van der Waals surface area contributed by atoms with Crippen molar-refractivity contribution in [2.75, 3.05) is 13.7 Å². The van der Waals surface area contributed by atoms with Gasteiger partial charge >= 0.3 is 0 Å². The second-order valence-electron chi connectivity index (χ2n) is 6.93. The Morgan fingerprint density at radius 1 is 1.21 bits per heavy atom. The third kappa shape index (κ3) is 5.07. The summed E-state index contributed by atoms with van der Waals surface area (Å²) in [5.41, 5.74) is 0.0938. The normalized spacial score (nSPS) is 29.7. The average molecular weight is 269 g/mol. The van der Waals surface area contributed by atoms with Crippen LogP contribution in [0.15, 0.2) is 0 Å². The number of methoxy groups -OCH3 is 1. The largest absolute Gasteiger partial charge is 0.377 e. The molecule has 19 heavy (non-hydrogen) atoms. The van der Waals surface area contributed by atoms with E-state index >= 15 is 0 Å². The fourth-order valence-electron chi connectivity index (χ4n) is 3.32. The molecule has 1 N–H and O–H groups in total. The molecule has 1 aliphatic rings. The van der Waals surface area contributed by atoms with E-state index < -0.39 is 0 Å². The van der Waals surface area contributed by atoms with Gasteiger partial charge in [-0.3, -0.25) is 0 Å². The Kier molecular flexibility index (Phi) is 7.38. The van der Waals surface area contributed by atoms with E-state index in [-0.39, 0.29) is 5.60 Å². The lowest BCUT2D eigenvalue weighted by atomic mass is 9.73. The van der Waals surface area contributed by atoms with Crippen LogP contribution in [0.1, 0.15) is 72.6 Å². The van der Waals surface area contributed by atoms with Crippen molar-refractivity contribution in [1.29, 1.82) is 0 Å². The lowest BCUT2D eigenvalue weighted by Crippen LogP contribution is -2.54. The molecular formula is C17H35NO. The maximum Gasteiger partial charge on any atom is 0.0831 e. The Morgan fingerprint density at radius 3 is 2.32 bits per heavy atom. The van der Waals surface area contributed by atoms with Crippen molar-refractivity contribution in [3.8, 4) is 0 Å². The first-order valence-corrected chi connectivity index (χ1v) is 8.32. The highest BCUT2D eigenvalue weighted by molar-refractivity contribution is 4.96. The molecule has 1 saturated carbocycles. The molecule has 0 aromatic carbocycles. The van der Waals surface area contributed by atoms with E-state index in [9.17, 15) is 0 Å². The zero-order valence-electron chi connectivity index (χ0n) is 13.8. The van der Waals surface area contributed by atoms with Crippen LogP contribution >= 0.6 is 0 Å². The van der Waals surface area contributed by atoms with Crippen molar-refractivity contribution in [1.82, 2.24) is 5.32 Å². The van der Waals surface area contributed by atoms with Crippen molar-refractivity contribution < 1.29 is 4.74 Å². The molecule has 0 aromatic rings. The molecule has 0 heterocycles. The first-order valence-electron chi connectivity index (χ1n) is 8.32. The second-order valence-corrected chi connectivity index (χ2v) is 6.93. The minimum Gasteiger partial charge on any atom is -0.377 e. The monoisotopic (exact) mass is 269 g/mol. The third-order valence-corrected chi connectivity index (χ3v) is 4.84. The van der Waals surface area contributed by atoms with E-state index in [0.29, 0.717) is 6.04 Å². The summed E-state index contributed by atoms with van der Waals surface area (Å²) in [6.45, 7) is 10.4. The molecule has 0 aromatic heterocycles. The lowest BCUT2D eigenvalue weighted by molar-refractivity contribution is -0.0772. The third-order valence-electron chi connectivity index (χ3n) is 4.84. The standard InChI is InChI=1S/C17H35NO/c1-6-13-18-16(8-7-14(2)3)17(19-5)11-9-15(4)10-12-17/h14-16,18H,6-13H2,1-5H3. The predicted octanol–water partition coefficient (Wildman–Crippen LogP) is 4.39. The van der Waals surface area contributed by atoms with Crippen LogP contribution in [-0.4, -0.2) is 25.3 Å². The number of rotatable bonds is 8. The van der Waals surface area contributed by atoms with Gasteiger partial charge in [0.05, 0.1) is 5.60 Å². The first-order chi connectivity index (χ1) is 9.04. The molecule has 2 heteroatoms. The molecule has 0 aliphatic heterocycles. The van der Waals surface area contributed by atoms with E-state index in [1.54, 1.807) is 0 Å². The van der Waals surface area contributed by atoms with E-state index in [2.05, 4.69) is 33.0 Å². The Bertz CT molecular complexity index is 231. The number of nitrogens with one attached hydrogen (secondary N) is 1. The van der Waals surface area contributed by atoms with Crippen molar-refractivity contribution in [2.24, 2.45) is 11.8 Å². The van der Waals surface area contributed by atoms with Gasteiger partial charge in [-0.2, -0.15) is 0 Å². The van der Waals surface area contributed by atoms with E-state index in [1.165, 1.54) is 44.9 Å². The van der Waals surface area contributed by atoms with Gasteiger partial charge in [-0.25, -0.2) is 0 Å². The van der Waals surface area contributed by atoms with Gasteiger partial charge in [0.2, 0.25) is 0 Å². The van der Waals surface area contributed by atoms with Crippen LogP contribution in [0.2, 0.25) is 0 Å². The zero-order chi connectivity index (χ0) is 14.3. The Hall–Kier alpha value is -0.0800. The smallest absolute Gasteiger partial charge is 0.0831 e. The van der Waals surface area contributed by atoms with Crippen LogP contribution in [0.3, 0.4) is 0 Å². The van der Waals surface area contributed by atoms with Gasteiger partial charge in [0.1, 0.15) is 0 Å². The Balaban J connectivity index is 2.67. The van der Waals surface area contributed by atoms with Gasteiger partial charge in [-0.05, 0) is 63.3 Å². The van der Waals surface area contributed by atoms with Gasteiger partial charge in [-0.1, -0.05) is 27.7 Å². The second kappa shape index (κ2) is 8.26. The molecule has 0 amide bonds. The van der Waals surface area contributed by atoms with E-state index in [1.807, 2.05) is 7.11 Å². The molecule has 2 nitrogen and oxygen atoms in total. The Labute approximate surface area is 120 Å². The van der Waals surface area contributed by atoms with Crippen molar-refractivity contribution in [3.05, 3.63) is 0 Å². The summed E-state index contributed by atoms with van der Waals surface area (Å²) in [6.07, 6.45) is 8.84. The highest BCUT2D eigenvalue weighted by Gasteiger charge is 2.40. The summed E-state index contributed by atoms with van der Waals surface area (Å²) >= 11 is 0. The van der Waals surface area contributed by atoms with E-state index in [4.69, 9.17) is 4.74 Å². The van der Waals surface area contributed by atoms with Gasteiger partial charge in [0, 0.05) is 13.2 Å². The molecule has 1 unspecified atom stereocenters. The minimum atomic E-state index is 0.0938. The molecule has 1 rings (SSSR count). The van der Waals surface area contributed by atoms with E-state index in [0.717, 1.165) is 18.4 Å². The molecule has 1 atom stereocenters. The predicted molar refractivity (Wildman–Crippen MR) is 83.5 cm³/mol. The quantitative estimate of drug-likeness (QED) is 0.706. The summed E-state index contributed by atoms with van der Waals surface area (Å²) in [5.74, 6) is 1.66. The average Bonchev–Trinajstić information content (AvgIpc) is 2.40. The number of hydrogen-bond acceptors (Lipinski definition) is 2. The first kappa shape index (κ1) is 17.0. The van der Waals surface area contributed by atoms with Crippen LogP contribution in [0, 0.1) is 11.8 Å². The summed E-state index contributed by atoms with van der Waals surface area (Å²) < 4.78 is 6.06. The molecular weight excluding hydrogens is 234 g/mol. The highest BCUT2D eigenvalue weighted by atomic mass is 16.5. The topological polar surface area (TPSA) is 21.3 Å². The maximum atomic E-state index is 6.06. The zero-order valence-corrected chi connectivity index (χ0v) is 13.8. The van der Waals surface area contributed by atoms with Gasteiger partial charge < -0.3 is 10.1 Å². The molecule has 0 bridgehead atoms. The SMILES string of the molecule is CCCNC(CCC(C)C)C1(OC)CCC(C)CC1. The van der Waals surface area contributed by atoms with Crippen molar-refractivity contribution in [2.45, 2.75) is 84.3 Å². The summed E-state index contributed by atoms with van der Waals surface area (Å²) in [4.78, 5) is 0.